The minimum Gasteiger partial charge on any atom is -0.337 e. The van der Waals surface area contributed by atoms with Crippen molar-refractivity contribution in [1.82, 2.24) is 9.80 Å². The van der Waals surface area contributed by atoms with Crippen molar-refractivity contribution in [2.45, 2.75) is 40.2 Å². The van der Waals surface area contributed by atoms with Gasteiger partial charge in [-0.15, -0.1) is 0 Å². The molecule has 23 heavy (non-hydrogen) atoms. The first-order chi connectivity index (χ1) is 11.0. The maximum absolute atomic E-state index is 12.7. The zero-order chi connectivity index (χ0) is 16.9. The van der Waals surface area contributed by atoms with Crippen LogP contribution in [0.3, 0.4) is 0 Å². The van der Waals surface area contributed by atoms with E-state index in [1.54, 1.807) is 0 Å². The van der Waals surface area contributed by atoms with E-state index in [0.717, 1.165) is 32.5 Å². The van der Waals surface area contributed by atoms with E-state index in [2.05, 4.69) is 49.9 Å². The van der Waals surface area contributed by atoms with Crippen molar-refractivity contribution >= 4 is 5.91 Å². The second kappa shape index (κ2) is 7.93. The van der Waals surface area contributed by atoms with Crippen molar-refractivity contribution in [3.05, 3.63) is 35.4 Å². The molecule has 0 radical (unpaired) electrons. The van der Waals surface area contributed by atoms with Crippen molar-refractivity contribution in [2.75, 3.05) is 32.7 Å². The molecule has 1 aromatic carbocycles. The van der Waals surface area contributed by atoms with Crippen LogP contribution in [-0.4, -0.2) is 48.4 Å². The predicted octanol–water partition coefficient (Wildman–Crippen LogP) is 2.40. The zero-order valence-corrected chi connectivity index (χ0v) is 14.8. The third kappa shape index (κ3) is 5.05. The molecule has 1 aliphatic heterocycles. The van der Waals surface area contributed by atoms with Crippen molar-refractivity contribution in [2.24, 2.45) is 11.1 Å². The summed E-state index contributed by atoms with van der Waals surface area (Å²) in [5.74, 6) is 0.230. The number of amides is 1. The summed E-state index contributed by atoms with van der Waals surface area (Å²) in [4.78, 5) is 17.0. The highest BCUT2D eigenvalue weighted by molar-refractivity contribution is 5.78. The van der Waals surface area contributed by atoms with Crippen molar-refractivity contribution in [3.63, 3.8) is 0 Å². The summed E-state index contributed by atoms with van der Waals surface area (Å²) in [7, 11) is 0. The summed E-state index contributed by atoms with van der Waals surface area (Å²) in [6.07, 6.45) is 2.07. The number of carbonyl (C=O) groups excluding carboxylic acids is 1. The minimum absolute atomic E-state index is 0.173. The third-order valence-electron chi connectivity index (χ3n) is 4.83. The van der Waals surface area contributed by atoms with Crippen molar-refractivity contribution in [1.29, 1.82) is 0 Å². The Morgan fingerprint density at radius 3 is 2.61 bits per heavy atom. The van der Waals surface area contributed by atoms with Gasteiger partial charge in [-0.05, 0) is 43.8 Å². The Morgan fingerprint density at radius 2 is 2.04 bits per heavy atom. The lowest BCUT2D eigenvalue weighted by Crippen LogP contribution is -2.41. The maximum atomic E-state index is 12.7. The lowest BCUT2D eigenvalue weighted by Gasteiger charge is -2.26. The Hall–Kier alpha value is -1.39. The molecule has 2 N–H and O–H groups in total. The van der Waals surface area contributed by atoms with Gasteiger partial charge in [0.1, 0.15) is 0 Å². The van der Waals surface area contributed by atoms with Crippen LogP contribution in [0.5, 0.6) is 0 Å². The summed E-state index contributed by atoms with van der Waals surface area (Å²) in [6.45, 7) is 11.1. The minimum atomic E-state index is 0.173. The average molecular weight is 317 g/mol. The van der Waals surface area contributed by atoms with Crippen LogP contribution in [0.15, 0.2) is 24.3 Å². The molecule has 0 aromatic heterocycles. The number of carbonyl (C=O) groups is 1. The topological polar surface area (TPSA) is 49.6 Å². The number of likely N-dealkylation sites (tertiary alicyclic amines) is 1. The van der Waals surface area contributed by atoms with Gasteiger partial charge in [-0.2, -0.15) is 0 Å². The fourth-order valence-corrected chi connectivity index (χ4v) is 3.19. The number of rotatable bonds is 7. The van der Waals surface area contributed by atoms with E-state index in [4.69, 9.17) is 5.73 Å². The van der Waals surface area contributed by atoms with E-state index in [0.29, 0.717) is 19.6 Å². The van der Waals surface area contributed by atoms with Crippen LogP contribution >= 0.6 is 0 Å². The number of hydrogen-bond acceptors (Lipinski definition) is 3. The zero-order valence-electron chi connectivity index (χ0n) is 14.8. The van der Waals surface area contributed by atoms with E-state index >= 15 is 0 Å². The molecule has 4 nitrogen and oxygen atoms in total. The monoisotopic (exact) mass is 317 g/mol. The van der Waals surface area contributed by atoms with Gasteiger partial charge in [0, 0.05) is 19.6 Å². The lowest BCUT2D eigenvalue weighted by atomic mass is 9.90. The number of nitrogens with zero attached hydrogens (tertiary/aromatic N) is 2. The smallest absolute Gasteiger partial charge is 0.237 e. The molecular weight excluding hydrogens is 286 g/mol. The molecule has 1 atom stereocenters. The largest absolute Gasteiger partial charge is 0.337 e. The summed E-state index contributed by atoms with van der Waals surface area (Å²) >= 11 is 0. The van der Waals surface area contributed by atoms with E-state index in [1.807, 2.05) is 4.90 Å². The molecule has 128 valence electrons. The lowest BCUT2D eigenvalue weighted by molar-refractivity contribution is -0.132. The van der Waals surface area contributed by atoms with Crippen LogP contribution in [0.2, 0.25) is 0 Å². The molecular formula is C19H31N3O. The van der Waals surface area contributed by atoms with Crippen LogP contribution in [0.25, 0.3) is 0 Å². The van der Waals surface area contributed by atoms with Crippen molar-refractivity contribution < 1.29 is 4.79 Å². The Bertz CT molecular complexity index is 514. The molecule has 1 saturated heterocycles. The quantitative estimate of drug-likeness (QED) is 0.840. The van der Waals surface area contributed by atoms with Crippen LogP contribution in [0.1, 0.15) is 37.8 Å². The molecule has 1 aromatic rings. The normalized spacial score (nSPS) is 21.6. The summed E-state index contributed by atoms with van der Waals surface area (Å²) in [5.41, 5.74) is 8.48. The van der Waals surface area contributed by atoms with Crippen LogP contribution < -0.4 is 5.73 Å². The summed E-state index contributed by atoms with van der Waals surface area (Å²) in [6, 6.07) is 8.45. The van der Waals surface area contributed by atoms with Gasteiger partial charge in [-0.25, -0.2) is 0 Å². The first-order valence-corrected chi connectivity index (χ1v) is 8.71. The van der Waals surface area contributed by atoms with Gasteiger partial charge >= 0.3 is 0 Å². The van der Waals surface area contributed by atoms with Gasteiger partial charge in [0.2, 0.25) is 5.91 Å². The number of benzene rings is 1. The first-order valence-electron chi connectivity index (χ1n) is 8.71. The highest BCUT2D eigenvalue weighted by Crippen LogP contribution is 2.28. The van der Waals surface area contributed by atoms with Gasteiger partial charge in [0.05, 0.1) is 6.54 Å². The number of nitrogens with two attached hydrogens (primary N) is 1. The van der Waals surface area contributed by atoms with Gasteiger partial charge in [-0.1, -0.05) is 43.7 Å². The highest BCUT2D eigenvalue weighted by Gasteiger charge is 2.33. The van der Waals surface area contributed by atoms with E-state index in [1.165, 1.54) is 11.1 Å². The maximum Gasteiger partial charge on any atom is 0.237 e. The van der Waals surface area contributed by atoms with Gasteiger partial charge < -0.3 is 10.6 Å². The third-order valence-corrected chi connectivity index (χ3v) is 4.83. The Kier molecular flexibility index (Phi) is 6.19. The molecule has 1 fully saturated rings. The molecule has 0 aliphatic carbocycles. The average Bonchev–Trinajstić information content (AvgIpc) is 2.91. The molecule has 1 aliphatic rings. The van der Waals surface area contributed by atoms with E-state index < -0.39 is 0 Å². The second-order valence-electron chi connectivity index (χ2n) is 7.28. The van der Waals surface area contributed by atoms with Gasteiger partial charge in [0.15, 0.2) is 0 Å². The Labute approximate surface area is 140 Å². The highest BCUT2D eigenvalue weighted by atomic mass is 16.2. The molecule has 1 heterocycles. The Morgan fingerprint density at radius 1 is 1.35 bits per heavy atom. The molecule has 1 amide bonds. The predicted molar refractivity (Wildman–Crippen MR) is 95.1 cm³/mol. The van der Waals surface area contributed by atoms with Crippen LogP contribution in [-0.2, 0) is 11.3 Å². The van der Waals surface area contributed by atoms with Gasteiger partial charge in [0.25, 0.3) is 0 Å². The standard InChI is InChI=1S/C19H31N3O/c1-4-10-22(12-17-7-5-16(2)6-8-17)18(23)13-21-11-9-19(3,14-20)15-21/h5-8H,4,9-15,20H2,1-3H3. The molecule has 0 bridgehead atoms. The van der Waals surface area contributed by atoms with E-state index in [9.17, 15) is 4.79 Å². The van der Waals surface area contributed by atoms with Gasteiger partial charge in [-0.3, -0.25) is 9.69 Å². The fourth-order valence-electron chi connectivity index (χ4n) is 3.19. The van der Waals surface area contributed by atoms with Crippen LogP contribution in [0.4, 0.5) is 0 Å². The van der Waals surface area contributed by atoms with E-state index in [-0.39, 0.29) is 11.3 Å². The summed E-state index contributed by atoms with van der Waals surface area (Å²) in [5, 5.41) is 0. The first kappa shape index (κ1) is 18.0. The SMILES string of the molecule is CCCN(Cc1ccc(C)cc1)C(=O)CN1CCC(C)(CN)C1. The molecule has 4 heteroatoms. The fraction of sp³-hybridized carbons (Fsp3) is 0.632. The molecule has 0 saturated carbocycles. The van der Waals surface area contributed by atoms with Crippen LogP contribution in [0, 0.1) is 12.3 Å². The number of hydrogen-bond donors (Lipinski definition) is 1. The molecule has 1 unspecified atom stereocenters. The van der Waals surface area contributed by atoms with Crippen molar-refractivity contribution in [3.8, 4) is 0 Å². The molecule has 0 spiro atoms. The molecule has 2 rings (SSSR count). The number of aryl methyl sites for hydroxylation is 1. The summed E-state index contributed by atoms with van der Waals surface area (Å²) < 4.78 is 0. The Balaban J connectivity index is 1.94. The second-order valence-corrected chi connectivity index (χ2v) is 7.28.